The van der Waals surface area contributed by atoms with Gasteiger partial charge in [-0.25, -0.2) is 9.59 Å². The molecular weight excluding hydrogens is 664 g/mol. The molecule has 3 aliphatic rings. The molecule has 286 valence electrons. The third kappa shape index (κ3) is 10.8. The molecule has 14 nitrogen and oxygen atoms in total. The van der Waals surface area contributed by atoms with Crippen molar-refractivity contribution in [2.24, 2.45) is 5.92 Å². The van der Waals surface area contributed by atoms with Crippen LogP contribution in [-0.2, 0) is 30.1 Å². The topological polar surface area (TPSA) is 157 Å². The summed E-state index contributed by atoms with van der Waals surface area (Å²) in [4.78, 5) is 27.2. The normalized spacial score (nSPS) is 22.7. The van der Waals surface area contributed by atoms with E-state index < -0.39 is 45.7 Å². The zero-order valence-corrected chi connectivity index (χ0v) is 32.3. The fraction of sp³-hybridized carbons (Fsp3) is 0.886. The highest BCUT2D eigenvalue weighted by Gasteiger charge is 2.50. The number of nitrogens with one attached hydrogen (secondary N) is 1. The summed E-state index contributed by atoms with van der Waals surface area (Å²) >= 11 is 0. The summed E-state index contributed by atoms with van der Waals surface area (Å²) in [7, 11) is -4.60. The summed E-state index contributed by atoms with van der Waals surface area (Å²) in [5.41, 5.74) is -0.961. The maximum atomic E-state index is 13.6. The molecule has 3 amide bonds. The Labute approximate surface area is 299 Å². The van der Waals surface area contributed by atoms with Gasteiger partial charge in [0.1, 0.15) is 11.6 Å². The largest absolute Gasteiger partial charge is 0.444 e. The maximum absolute atomic E-state index is 13.6. The number of urea groups is 1. The number of aromatic nitrogens is 2. The Balaban J connectivity index is 1.34. The molecule has 50 heavy (non-hydrogen) atoms. The molecule has 3 fully saturated rings. The monoisotopic (exact) mass is 726 g/mol. The van der Waals surface area contributed by atoms with Crippen LogP contribution in [0.25, 0.3) is 0 Å². The van der Waals surface area contributed by atoms with E-state index in [0.717, 1.165) is 88.5 Å². The second kappa shape index (κ2) is 17.8. The van der Waals surface area contributed by atoms with E-state index in [1.807, 2.05) is 20.8 Å². The minimum absolute atomic E-state index is 0.101. The highest BCUT2D eigenvalue weighted by molar-refractivity contribution is 7.81. The predicted molar refractivity (Wildman–Crippen MR) is 188 cm³/mol. The van der Waals surface area contributed by atoms with Crippen molar-refractivity contribution < 1.29 is 35.7 Å². The number of amides is 3. The van der Waals surface area contributed by atoms with Gasteiger partial charge in [-0.15, -0.1) is 14.5 Å². The molecule has 1 N–H and O–H groups in total. The van der Waals surface area contributed by atoms with Crippen LogP contribution in [0.3, 0.4) is 0 Å². The fourth-order valence-corrected chi connectivity index (χ4v) is 8.35. The molecule has 0 radical (unpaired) electrons. The summed E-state index contributed by atoms with van der Waals surface area (Å²) in [6, 6.07) is -1.36. The molecule has 1 aliphatic carbocycles. The lowest BCUT2D eigenvalue weighted by Crippen LogP contribution is -2.51. The summed E-state index contributed by atoms with van der Waals surface area (Å²) in [5, 5.41) is 14.1. The summed E-state index contributed by atoms with van der Waals surface area (Å²) in [5.74, 6) is 1.27. The van der Waals surface area contributed by atoms with Crippen molar-refractivity contribution in [1.82, 2.24) is 30.5 Å². The highest BCUT2D eigenvalue weighted by Crippen LogP contribution is 2.40. The quantitative estimate of drug-likeness (QED) is 0.126. The minimum atomic E-state index is -4.60. The number of alkyl carbamates (subject to hydrolysis) is 1. The Morgan fingerprint density at radius 2 is 1.66 bits per heavy atom. The lowest BCUT2D eigenvalue weighted by atomic mass is 9.77. The van der Waals surface area contributed by atoms with Gasteiger partial charge in [-0.3, -0.25) is 0 Å². The molecule has 0 unspecified atom stereocenters. The number of hydrogen-bond donors (Lipinski definition) is 1. The number of fused-ring (bicyclic) bond motifs is 2. The number of carbonyl (C=O) groups excluding carboxylic acids is 2. The van der Waals surface area contributed by atoms with Crippen LogP contribution >= 0.6 is 0 Å². The molecule has 0 aromatic carbocycles. The van der Waals surface area contributed by atoms with Gasteiger partial charge >= 0.3 is 22.5 Å². The van der Waals surface area contributed by atoms with Crippen LogP contribution in [0.15, 0.2) is 4.42 Å². The van der Waals surface area contributed by atoms with Crippen molar-refractivity contribution in [3.05, 3.63) is 11.8 Å². The van der Waals surface area contributed by atoms with Crippen LogP contribution in [0.4, 0.5) is 9.59 Å². The van der Waals surface area contributed by atoms with Gasteiger partial charge in [0.25, 0.3) is 0 Å². The van der Waals surface area contributed by atoms with E-state index in [2.05, 4.69) is 43.2 Å². The molecule has 1 saturated carbocycles. The van der Waals surface area contributed by atoms with Crippen molar-refractivity contribution in [3.8, 4) is 0 Å². The fourth-order valence-electron chi connectivity index (χ4n) is 7.48. The van der Waals surface area contributed by atoms with E-state index in [-0.39, 0.29) is 12.6 Å². The molecule has 2 atom stereocenters. The predicted octanol–water partition coefficient (Wildman–Crippen LogP) is 7.38. The van der Waals surface area contributed by atoms with Crippen LogP contribution in [0.2, 0.25) is 0 Å². The average molecular weight is 727 g/mol. The number of hydrogen-bond acceptors (Lipinski definition) is 11. The lowest BCUT2D eigenvalue weighted by molar-refractivity contribution is -0.172. The van der Waals surface area contributed by atoms with E-state index in [4.69, 9.17) is 17.7 Å². The van der Waals surface area contributed by atoms with Crippen LogP contribution < -0.4 is 5.32 Å². The zero-order chi connectivity index (χ0) is 36.5. The zero-order valence-electron chi connectivity index (χ0n) is 31.4. The standard InChI is InChI=1S/C35H62N6O8S/c1-8-12-20-35(19-11-4,21-13-9-2)40(22-14-10-3)48-50(44,45)49-41-28-16-17-29(39(25-28)33(41)43)31-38-37-30(46-31)18-15-26-23-27(24-26)36-32(42)47-34(5,6)7/h26-29H,8-25H2,1-7H3,(H,36,42)/t26-,27-,28-,29-/m0/s1. The Kier molecular flexibility index (Phi) is 14.4. The Hall–Kier alpha value is -2.49. The smallest absolute Gasteiger partial charge is 0.437 e. The van der Waals surface area contributed by atoms with E-state index in [0.29, 0.717) is 43.5 Å². The third-order valence-corrected chi connectivity index (χ3v) is 10.8. The number of rotatable bonds is 21. The first-order chi connectivity index (χ1) is 23.7. The molecule has 2 saturated heterocycles. The van der Waals surface area contributed by atoms with Gasteiger partial charge in [-0.05, 0) is 84.5 Å². The summed E-state index contributed by atoms with van der Waals surface area (Å²) < 4.78 is 49.8. The molecule has 4 rings (SSSR count). The number of aryl methyl sites for hydroxylation is 1. The van der Waals surface area contributed by atoms with E-state index in [1.54, 1.807) is 9.96 Å². The second-order valence-corrected chi connectivity index (χ2v) is 16.6. The van der Waals surface area contributed by atoms with Gasteiger partial charge in [0.05, 0.1) is 6.04 Å². The first-order valence-electron chi connectivity index (χ1n) is 19.1. The van der Waals surface area contributed by atoms with Crippen LogP contribution in [0.5, 0.6) is 0 Å². The molecule has 15 heteroatoms. The molecule has 1 aromatic rings. The number of unbranched alkanes of at least 4 members (excludes halogenated alkanes) is 3. The van der Waals surface area contributed by atoms with Gasteiger partial charge in [0.2, 0.25) is 11.8 Å². The summed E-state index contributed by atoms with van der Waals surface area (Å²) in [6.45, 7) is 14.7. The molecular formula is C35H62N6O8S. The first-order valence-corrected chi connectivity index (χ1v) is 20.4. The van der Waals surface area contributed by atoms with Crippen LogP contribution in [0.1, 0.15) is 163 Å². The summed E-state index contributed by atoms with van der Waals surface area (Å²) in [6.07, 6.45) is 12.8. The van der Waals surface area contributed by atoms with Crippen molar-refractivity contribution in [1.29, 1.82) is 0 Å². The van der Waals surface area contributed by atoms with Crippen LogP contribution in [0, 0.1) is 5.92 Å². The van der Waals surface area contributed by atoms with Crippen molar-refractivity contribution >= 4 is 22.5 Å². The number of ether oxygens (including phenoxy) is 1. The van der Waals surface area contributed by atoms with Crippen LogP contribution in [-0.4, -0.2) is 82.1 Å². The van der Waals surface area contributed by atoms with Crippen molar-refractivity contribution in [3.63, 3.8) is 0 Å². The Morgan fingerprint density at radius 3 is 2.28 bits per heavy atom. The van der Waals surface area contributed by atoms with E-state index in [9.17, 15) is 18.0 Å². The maximum Gasteiger partial charge on any atom is 0.437 e. The van der Waals surface area contributed by atoms with Gasteiger partial charge in [0.15, 0.2) is 0 Å². The second-order valence-electron chi connectivity index (χ2n) is 15.5. The minimum Gasteiger partial charge on any atom is -0.444 e. The molecule has 3 heterocycles. The third-order valence-electron chi connectivity index (χ3n) is 10.1. The molecule has 2 aliphatic heterocycles. The lowest BCUT2D eigenvalue weighted by Gasteiger charge is -2.43. The Bertz CT molecular complexity index is 1340. The van der Waals surface area contributed by atoms with E-state index in [1.165, 1.54) is 0 Å². The highest BCUT2D eigenvalue weighted by atomic mass is 32.3. The van der Waals surface area contributed by atoms with Crippen molar-refractivity contribution in [2.45, 2.75) is 180 Å². The number of carbonyl (C=O) groups is 2. The number of nitrogens with zero attached hydrogens (tertiary/aromatic N) is 5. The van der Waals surface area contributed by atoms with Gasteiger partial charge in [0, 0.05) is 31.1 Å². The molecule has 0 spiro atoms. The molecule has 1 aromatic heterocycles. The van der Waals surface area contributed by atoms with E-state index >= 15 is 0 Å². The SMILES string of the molecule is CCCCN(OS(=O)(=O)ON1C(=O)N2C[C@@H]1CC[C@H]2c1nnc(CC[C@H]2C[C@H](NC(=O)OC(C)(C)C)C2)o1)C(CCC)(CCCC)CCCC. The van der Waals surface area contributed by atoms with Crippen molar-refractivity contribution in [2.75, 3.05) is 13.1 Å². The van der Waals surface area contributed by atoms with Gasteiger partial charge in [-0.2, -0.15) is 22.8 Å². The average Bonchev–Trinajstić information content (AvgIpc) is 3.59. The number of piperidine rings is 1. The molecule has 2 bridgehead atoms. The number of hydroxylamine groups is 4. The Morgan fingerprint density at radius 1 is 0.980 bits per heavy atom. The first kappa shape index (κ1) is 40.3. The van der Waals surface area contributed by atoms with Gasteiger partial charge < -0.3 is 19.4 Å². The van der Waals surface area contributed by atoms with Gasteiger partial charge in [-0.1, -0.05) is 66.2 Å².